The van der Waals surface area contributed by atoms with Gasteiger partial charge in [-0.25, -0.2) is 0 Å². The Balaban J connectivity index is 1.58. The van der Waals surface area contributed by atoms with E-state index < -0.39 is 0 Å². The van der Waals surface area contributed by atoms with Gasteiger partial charge < -0.3 is 9.42 Å². The largest absolute Gasteiger partial charge is 0.370 e. The topological polar surface area (TPSA) is 85.4 Å². The molecule has 1 amide bonds. The van der Waals surface area contributed by atoms with Crippen LogP contribution in [0.15, 0.2) is 34.9 Å². The number of nitrogens with one attached hydrogen (secondary N) is 1. The SMILES string of the molecule is Cc1cc(NC(=O)[C@H](C)N2CCCN(c3ccc(C#N)cc3)CC2)on1. The third-order valence-corrected chi connectivity index (χ3v) is 4.69. The summed E-state index contributed by atoms with van der Waals surface area (Å²) < 4.78 is 5.06. The van der Waals surface area contributed by atoms with Crippen LogP contribution >= 0.6 is 0 Å². The first kappa shape index (κ1) is 18.0. The third kappa shape index (κ3) is 4.21. The number of carbonyl (C=O) groups is 1. The summed E-state index contributed by atoms with van der Waals surface area (Å²) in [4.78, 5) is 17.0. The monoisotopic (exact) mass is 353 g/mol. The number of nitrogens with zero attached hydrogens (tertiary/aromatic N) is 4. The van der Waals surface area contributed by atoms with Crippen molar-refractivity contribution in [3.8, 4) is 6.07 Å². The van der Waals surface area contributed by atoms with Gasteiger partial charge in [-0.05, 0) is 44.5 Å². The second-order valence-electron chi connectivity index (χ2n) is 6.53. The number of aryl methyl sites for hydroxylation is 1. The van der Waals surface area contributed by atoms with E-state index in [0.717, 1.165) is 44.0 Å². The average Bonchev–Trinajstić information content (AvgIpc) is 2.92. The number of benzene rings is 1. The van der Waals surface area contributed by atoms with Crippen LogP contribution in [-0.2, 0) is 4.79 Å². The second-order valence-corrected chi connectivity index (χ2v) is 6.53. The summed E-state index contributed by atoms with van der Waals surface area (Å²) >= 11 is 0. The number of aromatic nitrogens is 1. The Kier molecular flexibility index (Phi) is 5.54. The van der Waals surface area contributed by atoms with Crippen LogP contribution in [0.1, 0.15) is 24.6 Å². The maximum absolute atomic E-state index is 12.5. The zero-order valence-electron chi connectivity index (χ0n) is 15.1. The van der Waals surface area contributed by atoms with Crippen LogP contribution in [-0.4, -0.2) is 48.2 Å². The Bertz CT molecular complexity index is 793. The summed E-state index contributed by atoms with van der Waals surface area (Å²) in [5.74, 6) is 0.293. The van der Waals surface area contributed by atoms with E-state index in [2.05, 4.69) is 26.3 Å². The molecule has 0 unspecified atom stereocenters. The van der Waals surface area contributed by atoms with Crippen molar-refractivity contribution in [3.05, 3.63) is 41.6 Å². The summed E-state index contributed by atoms with van der Waals surface area (Å²) in [6.45, 7) is 7.15. The van der Waals surface area contributed by atoms with Crippen molar-refractivity contribution in [2.24, 2.45) is 0 Å². The van der Waals surface area contributed by atoms with E-state index in [9.17, 15) is 4.79 Å². The maximum atomic E-state index is 12.5. The molecule has 3 rings (SSSR count). The van der Waals surface area contributed by atoms with Crippen LogP contribution < -0.4 is 10.2 Å². The van der Waals surface area contributed by atoms with Crippen LogP contribution in [0, 0.1) is 18.3 Å². The predicted molar refractivity (Wildman–Crippen MR) is 98.9 cm³/mol. The second kappa shape index (κ2) is 8.02. The lowest BCUT2D eigenvalue weighted by atomic mass is 10.2. The molecule has 1 aliphatic rings. The van der Waals surface area contributed by atoms with Crippen molar-refractivity contribution in [2.45, 2.75) is 26.3 Å². The van der Waals surface area contributed by atoms with Gasteiger partial charge in [0.25, 0.3) is 0 Å². The van der Waals surface area contributed by atoms with Gasteiger partial charge in [0.1, 0.15) is 0 Å². The Hall–Kier alpha value is -2.85. The van der Waals surface area contributed by atoms with Crippen molar-refractivity contribution >= 4 is 17.5 Å². The standard InChI is InChI=1S/C19H23N5O2/c1-14-12-18(26-22-14)21-19(25)15(2)23-8-3-9-24(11-10-23)17-6-4-16(13-20)5-7-17/h4-7,12,15H,3,8-11H2,1-2H3,(H,21,25)/t15-/m0/s1. The van der Waals surface area contributed by atoms with E-state index in [-0.39, 0.29) is 11.9 Å². The normalized spacial score (nSPS) is 16.6. The highest BCUT2D eigenvalue weighted by molar-refractivity contribution is 5.93. The lowest BCUT2D eigenvalue weighted by Gasteiger charge is -2.27. The fourth-order valence-corrected chi connectivity index (χ4v) is 3.14. The molecule has 1 atom stereocenters. The van der Waals surface area contributed by atoms with E-state index in [4.69, 9.17) is 9.78 Å². The molecule has 0 radical (unpaired) electrons. The molecule has 0 spiro atoms. The molecule has 0 saturated carbocycles. The first-order valence-electron chi connectivity index (χ1n) is 8.80. The van der Waals surface area contributed by atoms with Crippen molar-refractivity contribution in [2.75, 3.05) is 36.4 Å². The Morgan fingerprint density at radius 3 is 2.69 bits per heavy atom. The van der Waals surface area contributed by atoms with Gasteiger partial charge >= 0.3 is 0 Å². The molecule has 2 heterocycles. The molecule has 26 heavy (non-hydrogen) atoms. The molecule has 0 bridgehead atoms. The number of rotatable bonds is 4. The molecule has 1 saturated heterocycles. The van der Waals surface area contributed by atoms with Crippen LogP contribution in [0.4, 0.5) is 11.6 Å². The molecule has 7 heteroatoms. The molecule has 1 aromatic carbocycles. The van der Waals surface area contributed by atoms with Crippen LogP contribution in [0.2, 0.25) is 0 Å². The van der Waals surface area contributed by atoms with Gasteiger partial charge in [0.2, 0.25) is 11.8 Å². The lowest BCUT2D eigenvalue weighted by molar-refractivity contribution is -0.120. The fourth-order valence-electron chi connectivity index (χ4n) is 3.14. The quantitative estimate of drug-likeness (QED) is 0.908. The molecule has 1 aliphatic heterocycles. The molecule has 1 aromatic heterocycles. The van der Waals surface area contributed by atoms with Gasteiger partial charge in [-0.2, -0.15) is 5.26 Å². The van der Waals surface area contributed by atoms with Gasteiger partial charge in [-0.1, -0.05) is 5.16 Å². The number of amides is 1. The number of nitriles is 1. The zero-order chi connectivity index (χ0) is 18.5. The van der Waals surface area contributed by atoms with Crippen LogP contribution in [0.3, 0.4) is 0 Å². The first-order valence-corrected chi connectivity index (χ1v) is 8.80. The van der Waals surface area contributed by atoms with Crippen LogP contribution in [0.5, 0.6) is 0 Å². The van der Waals surface area contributed by atoms with Crippen molar-refractivity contribution in [1.82, 2.24) is 10.1 Å². The van der Waals surface area contributed by atoms with Crippen molar-refractivity contribution in [3.63, 3.8) is 0 Å². The highest BCUT2D eigenvalue weighted by atomic mass is 16.5. The highest BCUT2D eigenvalue weighted by Crippen LogP contribution is 2.18. The number of hydrogen-bond donors (Lipinski definition) is 1. The molecule has 0 aliphatic carbocycles. The third-order valence-electron chi connectivity index (χ3n) is 4.69. The van der Waals surface area contributed by atoms with Gasteiger partial charge in [0, 0.05) is 37.9 Å². The minimum Gasteiger partial charge on any atom is -0.370 e. The minimum atomic E-state index is -0.249. The zero-order valence-corrected chi connectivity index (χ0v) is 15.1. The number of carbonyl (C=O) groups excluding carboxylic acids is 1. The molecular formula is C19H23N5O2. The average molecular weight is 353 g/mol. The predicted octanol–water partition coefficient (Wildman–Crippen LogP) is 2.39. The molecule has 1 N–H and O–H groups in total. The smallest absolute Gasteiger partial charge is 0.243 e. The highest BCUT2D eigenvalue weighted by Gasteiger charge is 2.25. The van der Waals surface area contributed by atoms with E-state index in [0.29, 0.717) is 11.4 Å². The van der Waals surface area contributed by atoms with E-state index in [1.807, 2.05) is 38.1 Å². The van der Waals surface area contributed by atoms with Gasteiger partial charge in [0.15, 0.2) is 0 Å². The molecule has 7 nitrogen and oxygen atoms in total. The number of anilines is 2. The number of hydrogen-bond acceptors (Lipinski definition) is 6. The molecular weight excluding hydrogens is 330 g/mol. The molecule has 1 fully saturated rings. The molecule has 2 aromatic rings. The maximum Gasteiger partial charge on any atom is 0.243 e. The lowest BCUT2D eigenvalue weighted by Crippen LogP contribution is -2.43. The summed E-state index contributed by atoms with van der Waals surface area (Å²) in [6, 6.07) is 11.2. The van der Waals surface area contributed by atoms with E-state index in [1.54, 1.807) is 6.07 Å². The van der Waals surface area contributed by atoms with E-state index >= 15 is 0 Å². The van der Waals surface area contributed by atoms with Crippen molar-refractivity contribution in [1.29, 1.82) is 5.26 Å². The summed E-state index contributed by atoms with van der Waals surface area (Å²) in [7, 11) is 0. The summed E-state index contributed by atoms with van der Waals surface area (Å²) in [5, 5.41) is 15.5. The fraction of sp³-hybridized carbons (Fsp3) is 0.421. The first-order chi connectivity index (χ1) is 12.6. The Labute approximate surface area is 153 Å². The Morgan fingerprint density at radius 1 is 1.27 bits per heavy atom. The molecule has 136 valence electrons. The Morgan fingerprint density at radius 2 is 2.04 bits per heavy atom. The van der Waals surface area contributed by atoms with Gasteiger partial charge in [-0.3, -0.25) is 15.0 Å². The summed E-state index contributed by atoms with van der Waals surface area (Å²) in [5.41, 5.74) is 2.51. The van der Waals surface area contributed by atoms with Gasteiger partial charge in [-0.15, -0.1) is 0 Å². The minimum absolute atomic E-state index is 0.0898. The summed E-state index contributed by atoms with van der Waals surface area (Å²) in [6.07, 6.45) is 0.971. The van der Waals surface area contributed by atoms with E-state index in [1.165, 1.54) is 0 Å². The van der Waals surface area contributed by atoms with Gasteiger partial charge in [0.05, 0.1) is 23.4 Å². The van der Waals surface area contributed by atoms with Crippen molar-refractivity contribution < 1.29 is 9.32 Å². The van der Waals surface area contributed by atoms with Crippen LogP contribution in [0.25, 0.3) is 0 Å².